The summed E-state index contributed by atoms with van der Waals surface area (Å²) in [5.41, 5.74) is 0. The first kappa shape index (κ1) is 15.7. The molecule has 5 heteroatoms. The van der Waals surface area contributed by atoms with E-state index in [9.17, 15) is 4.79 Å². The summed E-state index contributed by atoms with van der Waals surface area (Å²) in [5, 5.41) is 6.50. The van der Waals surface area contributed by atoms with Crippen LogP contribution in [0.1, 0.15) is 39.0 Å². The average molecular weight is 283 g/mol. The summed E-state index contributed by atoms with van der Waals surface area (Å²) < 4.78 is 5.32. The van der Waals surface area contributed by atoms with Gasteiger partial charge < -0.3 is 15.4 Å². The third-order valence-electron chi connectivity index (χ3n) is 4.33. The predicted molar refractivity (Wildman–Crippen MR) is 79.7 cm³/mol. The van der Waals surface area contributed by atoms with Gasteiger partial charge in [0.15, 0.2) is 0 Å². The minimum Gasteiger partial charge on any atom is -0.379 e. The first-order chi connectivity index (χ1) is 9.75. The van der Waals surface area contributed by atoms with Gasteiger partial charge in [0.25, 0.3) is 0 Å². The van der Waals surface area contributed by atoms with Gasteiger partial charge in [-0.15, -0.1) is 0 Å². The second-order valence-corrected chi connectivity index (χ2v) is 5.97. The van der Waals surface area contributed by atoms with E-state index in [0.717, 1.165) is 52.2 Å². The van der Waals surface area contributed by atoms with Crippen LogP contribution in [0.4, 0.5) is 0 Å². The van der Waals surface area contributed by atoms with Gasteiger partial charge in [-0.2, -0.15) is 0 Å². The van der Waals surface area contributed by atoms with Crippen LogP contribution in [0.5, 0.6) is 0 Å². The molecule has 1 heterocycles. The molecule has 1 saturated heterocycles. The summed E-state index contributed by atoms with van der Waals surface area (Å²) in [6.07, 6.45) is 6.12. The number of carbonyl (C=O) groups excluding carboxylic acids is 1. The van der Waals surface area contributed by atoms with E-state index < -0.39 is 0 Å². The van der Waals surface area contributed by atoms with Gasteiger partial charge in [-0.1, -0.05) is 19.3 Å². The fourth-order valence-electron chi connectivity index (χ4n) is 2.93. The number of hydrogen-bond acceptors (Lipinski definition) is 4. The third-order valence-corrected chi connectivity index (χ3v) is 4.33. The van der Waals surface area contributed by atoms with E-state index >= 15 is 0 Å². The van der Waals surface area contributed by atoms with Crippen molar-refractivity contribution in [3.8, 4) is 0 Å². The Hall–Kier alpha value is -0.650. The van der Waals surface area contributed by atoms with E-state index in [4.69, 9.17) is 4.74 Å². The van der Waals surface area contributed by atoms with Gasteiger partial charge in [0, 0.05) is 32.2 Å². The van der Waals surface area contributed by atoms with Crippen LogP contribution in [-0.2, 0) is 9.53 Å². The van der Waals surface area contributed by atoms with Crippen LogP contribution in [0.2, 0.25) is 0 Å². The highest BCUT2D eigenvalue weighted by Gasteiger charge is 2.19. The SMILES string of the molecule is C[C@H](NCCN1CCOCC1)C(=O)NC1CCCCC1. The number of rotatable bonds is 6. The van der Waals surface area contributed by atoms with E-state index in [0.29, 0.717) is 6.04 Å². The highest BCUT2D eigenvalue weighted by Crippen LogP contribution is 2.17. The lowest BCUT2D eigenvalue weighted by atomic mass is 9.95. The number of carbonyl (C=O) groups is 1. The Kier molecular flexibility index (Phi) is 6.76. The fourth-order valence-corrected chi connectivity index (χ4v) is 2.93. The third kappa shape index (κ3) is 5.38. The lowest BCUT2D eigenvalue weighted by Crippen LogP contribution is -2.49. The van der Waals surface area contributed by atoms with Crippen LogP contribution in [0.15, 0.2) is 0 Å². The normalized spacial score (nSPS) is 23.4. The molecule has 2 N–H and O–H groups in total. The molecule has 2 rings (SSSR count). The molecule has 2 aliphatic rings. The van der Waals surface area contributed by atoms with Crippen molar-refractivity contribution in [2.24, 2.45) is 0 Å². The maximum absolute atomic E-state index is 12.1. The Bertz CT molecular complexity index is 287. The average Bonchev–Trinajstić information content (AvgIpc) is 2.49. The molecule has 0 aromatic heterocycles. The molecule has 0 radical (unpaired) electrons. The van der Waals surface area contributed by atoms with Gasteiger partial charge >= 0.3 is 0 Å². The first-order valence-corrected chi connectivity index (χ1v) is 8.09. The second kappa shape index (κ2) is 8.60. The topological polar surface area (TPSA) is 53.6 Å². The summed E-state index contributed by atoms with van der Waals surface area (Å²) in [6.45, 7) is 7.48. The molecule has 116 valence electrons. The Morgan fingerprint density at radius 3 is 2.65 bits per heavy atom. The molecule has 0 bridgehead atoms. The lowest BCUT2D eigenvalue weighted by molar-refractivity contribution is -0.123. The number of ether oxygens (including phenoxy) is 1. The summed E-state index contributed by atoms with van der Waals surface area (Å²) >= 11 is 0. The standard InChI is InChI=1S/C15H29N3O2/c1-13(15(19)17-14-5-3-2-4-6-14)16-7-8-18-9-11-20-12-10-18/h13-14,16H,2-12H2,1H3,(H,17,19)/t13-/m0/s1. The molecule has 1 saturated carbocycles. The van der Waals surface area contributed by atoms with Crippen LogP contribution in [0.25, 0.3) is 0 Å². The van der Waals surface area contributed by atoms with Crippen molar-refractivity contribution in [1.29, 1.82) is 0 Å². The van der Waals surface area contributed by atoms with Crippen molar-refractivity contribution in [2.45, 2.75) is 51.1 Å². The molecule has 0 unspecified atom stereocenters. The van der Waals surface area contributed by atoms with E-state index in [1.165, 1.54) is 19.3 Å². The number of morpholine rings is 1. The van der Waals surface area contributed by atoms with Crippen molar-refractivity contribution >= 4 is 5.91 Å². The van der Waals surface area contributed by atoms with Crippen molar-refractivity contribution in [3.05, 3.63) is 0 Å². The minimum atomic E-state index is -0.0991. The Labute approximate surface area is 122 Å². The Morgan fingerprint density at radius 2 is 1.95 bits per heavy atom. The molecule has 2 fully saturated rings. The summed E-state index contributed by atoms with van der Waals surface area (Å²) in [7, 11) is 0. The molecule has 1 aliphatic heterocycles. The summed E-state index contributed by atoms with van der Waals surface area (Å²) in [5.74, 6) is 0.152. The molecular weight excluding hydrogens is 254 g/mol. The molecule has 0 spiro atoms. The fraction of sp³-hybridized carbons (Fsp3) is 0.933. The maximum atomic E-state index is 12.1. The molecule has 20 heavy (non-hydrogen) atoms. The zero-order valence-electron chi connectivity index (χ0n) is 12.7. The first-order valence-electron chi connectivity index (χ1n) is 8.09. The van der Waals surface area contributed by atoms with E-state index in [1.54, 1.807) is 0 Å². The van der Waals surface area contributed by atoms with Crippen molar-refractivity contribution in [1.82, 2.24) is 15.5 Å². The van der Waals surface area contributed by atoms with Crippen molar-refractivity contribution in [3.63, 3.8) is 0 Å². The number of nitrogens with one attached hydrogen (secondary N) is 2. The largest absolute Gasteiger partial charge is 0.379 e. The highest BCUT2D eigenvalue weighted by atomic mass is 16.5. The van der Waals surface area contributed by atoms with Crippen LogP contribution >= 0.6 is 0 Å². The molecule has 1 amide bonds. The molecule has 1 aliphatic carbocycles. The summed E-state index contributed by atoms with van der Waals surface area (Å²) in [6, 6.07) is 0.303. The minimum absolute atomic E-state index is 0.0991. The van der Waals surface area contributed by atoms with Gasteiger partial charge in [0.2, 0.25) is 5.91 Å². The highest BCUT2D eigenvalue weighted by molar-refractivity contribution is 5.81. The van der Waals surface area contributed by atoms with Crippen LogP contribution in [0, 0.1) is 0 Å². The Balaban J connectivity index is 1.58. The van der Waals surface area contributed by atoms with Crippen molar-refractivity contribution in [2.75, 3.05) is 39.4 Å². The van der Waals surface area contributed by atoms with Gasteiger partial charge in [0.1, 0.15) is 0 Å². The molecule has 5 nitrogen and oxygen atoms in total. The van der Waals surface area contributed by atoms with Crippen LogP contribution < -0.4 is 10.6 Å². The van der Waals surface area contributed by atoms with E-state index in [2.05, 4.69) is 15.5 Å². The van der Waals surface area contributed by atoms with Crippen molar-refractivity contribution < 1.29 is 9.53 Å². The zero-order valence-corrected chi connectivity index (χ0v) is 12.7. The summed E-state index contributed by atoms with van der Waals surface area (Å²) in [4.78, 5) is 14.5. The molecule has 0 aromatic carbocycles. The number of nitrogens with zero attached hydrogens (tertiary/aromatic N) is 1. The van der Waals surface area contributed by atoms with Crippen LogP contribution in [0.3, 0.4) is 0 Å². The monoisotopic (exact) mass is 283 g/mol. The second-order valence-electron chi connectivity index (χ2n) is 5.97. The Morgan fingerprint density at radius 1 is 1.25 bits per heavy atom. The number of hydrogen-bond donors (Lipinski definition) is 2. The van der Waals surface area contributed by atoms with E-state index in [-0.39, 0.29) is 11.9 Å². The zero-order chi connectivity index (χ0) is 14.2. The molecule has 1 atom stereocenters. The van der Waals surface area contributed by atoms with E-state index in [1.807, 2.05) is 6.92 Å². The lowest BCUT2D eigenvalue weighted by Gasteiger charge is -2.28. The van der Waals surface area contributed by atoms with Crippen LogP contribution in [-0.4, -0.2) is 62.3 Å². The number of amides is 1. The predicted octanol–water partition coefficient (Wildman–Crippen LogP) is 0.746. The van der Waals surface area contributed by atoms with Gasteiger partial charge in [-0.25, -0.2) is 0 Å². The van der Waals surface area contributed by atoms with Gasteiger partial charge in [0.05, 0.1) is 19.3 Å². The smallest absolute Gasteiger partial charge is 0.237 e. The molecular formula is C15H29N3O2. The molecule has 0 aromatic rings. The quantitative estimate of drug-likeness (QED) is 0.755. The van der Waals surface area contributed by atoms with Gasteiger partial charge in [-0.3, -0.25) is 9.69 Å². The van der Waals surface area contributed by atoms with Gasteiger partial charge in [-0.05, 0) is 19.8 Å². The maximum Gasteiger partial charge on any atom is 0.237 e.